The number of carbonyl (C=O) groups is 3. The summed E-state index contributed by atoms with van der Waals surface area (Å²) in [4.78, 5) is 36.7. The van der Waals surface area contributed by atoms with Gasteiger partial charge in [-0.3, -0.25) is 19.3 Å². The maximum Gasteiger partial charge on any atom is 0.244 e. The Hall–Kier alpha value is -2.37. The van der Waals surface area contributed by atoms with Crippen LogP contribution >= 0.6 is 0 Å². The van der Waals surface area contributed by atoms with E-state index in [0.717, 1.165) is 10.5 Å². The Morgan fingerprint density at radius 2 is 1.86 bits per heavy atom. The van der Waals surface area contributed by atoms with Crippen LogP contribution in [0.4, 0.5) is 11.4 Å². The predicted molar refractivity (Wildman–Crippen MR) is 79.4 cm³/mol. The van der Waals surface area contributed by atoms with Gasteiger partial charge in [0.1, 0.15) is 6.54 Å². The van der Waals surface area contributed by atoms with E-state index in [9.17, 15) is 14.4 Å². The number of anilines is 2. The maximum absolute atomic E-state index is 12.0. The number of hydrogen-bond acceptors (Lipinski definition) is 4. The van der Waals surface area contributed by atoms with Gasteiger partial charge in [-0.15, -0.1) is 0 Å². The smallest absolute Gasteiger partial charge is 0.244 e. The van der Waals surface area contributed by atoms with Crippen molar-refractivity contribution in [1.82, 2.24) is 4.90 Å². The van der Waals surface area contributed by atoms with Crippen molar-refractivity contribution in [3.8, 4) is 0 Å². The first kappa shape index (κ1) is 15.0. The van der Waals surface area contributed by atoms with E-state index in [-0.39, 0.29) is 18.4 Å². The Bertz CT molecular complexity index is 566. The zero-order valence-corrected chi connectivity index (χ0v) is 12.0. The highest BCUT2D eigenvalue weighted by Crippen LogP contribution is 2.17. The SMILES string of the molecule is Cc1ccc(NC(=O)CN2C(=O)CCCCC2=O)cc1N. The van der Waals surface area contributed by atoms with Gasteiger partial charge in [0.05, 0.1) is 0 Å². The lowest BCUT2D eigenvalue weighted by Gasteiger charge is -2.18. The molecule has 3 amide bonds. The third kappa shape index (κ3) is 3.81. The molecule has 0 atom stereocenters. The summed E-state index contributed by atoms with van der Waals surface area (Å²) >= 11 is 0. The lowest BCUT2D eigenvalue weighted by molar-refractivity contribution is -0.146. The fourth-order valence-electron chi connectivity index (χ4n) is 2.20. The molecule has 2 rings (SSSR count). The van der Waals surface area contributed by atoms with Crippen molar-refractivity contribution in [3.63, 3.8) is 0 Å². The summed E-state index contributed by atoms with van der Waals surface area (Å²) in [6.07, 6.45) is 2.02. The van der Waals surface area contributed by atoms with Crippen molar-refractivity contribution < 1.29 is 14.4 Å². The van der Waals surface area contributed by atoms with Crippen molar-refractivity contribution in [3.05, 3.63) is 23.8 Å². The van der Waals surface area contributed by atoms with Crippen LogP contribution in [0.3, 0.4) is 0 Å². The number of nitrogen functional groups attached to an aromatic ring is 1. The fraction of sp³-hybridized carbons (Fsp3) is 0.400. The Morgan fingerprint density at radius 1 is 1.24 bits per heavy atom. The number of amides is 3. The number of carbonyl (C=O) groups excluding carboxylic acids is 3. The predicted octanol–water partition coefficient (Wildman–Crippen LogP) is 1.44. The highest BCUT2D eigenvalue weighted by molar-refractivity contribution is 6.02. The molecule has 1 aromatic rings. The summed E-state index contributed by atoms with van der Waals surface area (Å²) in [5.41, 5.74) is 7.83. The number of likely N-dealkylation sites (tertiary alicyclic amines) is 1. The number of rotatable bonds is 3. The van der Waals surface area contributed by atoms with Gasteiger partial charge in [0.25, 0.3) is 0 Å². The number of aryl methyl sites for hydroxylation is 1. The average molecular weight is 289 g/mol. The summed E-state index contributed by atoms with van der Waals surface area (Å²) in [6, 6.07) is 5.18. The molecule has 0 unspecified atom stereocenters. The summed E-state index contributed by atoms with van der Waals surface area (Å²) in [5, 5.41) is 2.65. The highest BCUT2D eigenvalue weighted by Gasteiger charge is 2.25. The molecule has 1 heterocycles. The van der Waals surface area contributed by atoms with Crippen LogP contribution in [-0.4, -0.2) is 29.2 Å². The zero-order chi connectivity index (χ0) is 15.4. The number of benzene rings is 1. The van der Waals surface area contributed by atoms with E-state index in [1.807, 2.05) is 6.92 Å². The Labute approximate surface area is 123 Å². The molecular weight excluding hydrogens is 270 g/mol. The molecule has 1 aliphatic rings. The number of nitrogens with one attached hydrogen (secondary N) is 1. The van der Waals surface area contributed by atoms with Gasteiger partial charge in [-0.1, -0.05) is 6.07 Å². The number of imide groups is 1. The van der Waals surface area contributed by atoms with Crippen LogP contribution in [0.2, 0.25) is 0 Å². The summed E-state index contributed by atoms with van der Waals surface area (Å²) in [7, 11) is 0. The first-order valence-electron chi connectivity index (χ1n) is 6.96. The van der Waals surface area contributed by atoms with E-state index in [2.05, 4.69) is 5.32 Å². The van der Waals surface area contributed by atoms with Crippen LogP contribution < -0.4 is 11.1 Å². The number of nitrogens with two attached hydrogens (primary N) is 1. The van der Waals surface area contributed by atoms with Crippen molar-refractivity contribution >= 4 is 29.1 Å². The molecule has 0 saturated carbocycles. The summed E-state index contributed by atoms with van der Waals surface area (Å²) < 4.78 is 0. The molecule has 0 bridgehead atoms. The van der Waals surface area contributed by atoms with Crippen LogP contribution in [0.5, 0.6) is 0 Å². The molecule has 1 fully saturated rings. The van der Waals surface area contributed by atoms with Gasteiger partial charge >= 0.3 is 0 Å². The normalized spacial score (nSPS) is 15.8. The lowest BCUT2D eigenvalue weighted by Crippen LogP contribution is -2.41. The molecule has 1 saturated heterocycles. The third-order valence-corrected chi connectivity index (χ3v) is 3.50. The van der Waals surface area contributed by atoms with Gasteiger partial charge in [0, 0.05) is 24.2 Å². The average Bonchev–Trinajstić information content (AvgIpc) is 2.58. The van der Waals surface area contributed by atoms with Crippen molar-refractivity contribution in [1.29, 1.82) is 0 Å². The summed E-state index contributed by atoms with van der Waals surface area (Å²) in [6.45, 7) is 1.63. The summed E-state index contributed by atoms with van der Waals surface area (Å²) in [5.74, 6) is -0.964. The molecule has 3 N–H and O–H groups in total. The van der Waals surface area contributed by atoms with Crippen molar-refractivity contribution in [2.75, 3.05) is 17.6 Å². The molecule has 0 aromatic heterocycles. The van der Waals surface area contributed by atoms with E-state index in [0.29, 0.717) is 37.1 Å². The highest BCUT2D eigenvalue weighted by atomic mass is 16.2. The van der Waals surface area contributed by atoms with Gasteiger partial charge < -0.3 is 11.1 Å². The molecule has 0 aliphatic carbocycles. The van der Waals surface area contributed by atoms with E-state index in [4.69, 9.17) is 5.73 Å². The molecule has 6 nitrogen and oxygen atoms in total. The first-order chi connectivity index (χ1) is 9.97. The minimum Gasteiger partial charge on any atom is -0.398 e. The quantitative estimate of drug-likeness (QED) is 0.650. The van der Waals surface area contributed by atoms with E-state index in [1.165, 1.54) is 0 Å². The molecule has 112 valence electrons. The van der Waals surface area contributed by atoms with Crippen molar-refractivity contribution in [2.45, 2.75) is 32.6 Å². The standard InChI is InChI=1S/C15H19N3O3/c1-10-6-7-11(8-12(10)16)17-13(19)9-18-14(20)4-2-3-5-15(18)21/h6-8H,2-5,9,16H2,1H3,(H,17,19). The molecule has 0 radical (unpaired) electrons. The molecule has 6 heteroatoms. The van der Waals surface area contributed by atoms with Crippen LogP contribution in [0.15, 0.2) is 18.2 Å². The molecule has 0 spiro atoms. The van der Waals surface area contributed by atoms with Crippen LogP contribution in [0.1, 0.15) is 31.2 Å². The molecule has 21 heavy (non-hydrogen) atoms. The minimum absolute atomic E-state index is 0.245. The Balaban J connectivity index is 2.01. The number of hydrogen-bond donors (Lipinski definition) is 2. The second-order valence-electron chi connectivity index (χ2n) is 5.20. The van der Waals surface area contributed by atoms with Gasteiger partial charge in [0.2, 0.25) is 17.7 Å². The molecule has 1 aliphatic heterocycles. The fourth-order valence-corrected chi connectivity index (χ4v) is 2.20. The maximum atomic E-state index is 12.0. The van der Waals surface area contributed by atoms with E-state index in [1.54, 1.807) is 18.2 Å². The van der Waals surface area contributed by atoms with E-state index >= 15 is 0 Å². The monoisotopic (exact) mass is 289 g/mol. The van der Waals surface area contributed by atoms with Gasteiger partial charge in [-0.25, -0.2) is 0 Å². The topological polar surface area (TPSA) is 92.5 Å². The van der Waals surface area contributed by atoms with Crippen molar-refractivity contribution in [2.24, 2.45) is 0 Å². The second-order valence-corrected chi connectivity index (χ2v) is 5.20. The molecule has 1 aromatic carbocycles. The Morgan fingerprint density at radius 3 is 2.43 bits per heavy atom. The second kappa shape index (κ2) is 6.39. The van der Waals surface area contributed by atoms with Crippen LogP contribution in [-0.2, 0) is 14.4 Å². The largest absolute Gasteiger partial charge is 0.398 e. The third-order valence-electron chi connectivity index (χ3n) is 3.50. The van der Waals surface area contributed by atoms with Gasteiger partial charge in [0.15, 0.2) is 0 Å². The van der Waals surface area contributed by atoms with Crippen LogP contribution in [0.25, 0.3) is 0 Å². The lowest BCUT2D eigenvalue weighted by atomic mass is 10.2. The van der Waals surface area contributed by atoms with E-state index < -0.39 is 5.91 Å². The van der Waals surface area contributed by atoms with Crippen LogP contribution in [0, 0.1) is 6.92 Å². The minimum atomic E-state index is -0.401. The van der Waals surface area contributed by atoms with Gasteiger partial charge in [-0.2, -0.15) is 0 Å². The Kier molecular flexibility index (Phi) is 4.57. The first-order valence-corrected chi connectivity index (χ1v) is 6.96. The zero-order valence-electron chi connectivity index (χ0n) is 12.0. The van der Waals surface area contributed by atoms with Gasteiger partial charge in [-0.05, 0) is 37.5 Å². The molecular formula is C15H19N3O3. The number of nitrogens with zero attached hydrogens (tertiary/aromatic N) is 1.